The van der Waals surface area contributed by atoms with Gasteiger partial charge >= 0.3 is 0 Å². The zero-order chi connectivity index (χ0) is 19.3. The zero-order valence-corrected chi connectivity index (χ0v) is 16.1. The fourth-order valence-electron chi connectivity index (χ4n) is 3.91. The second kappa shape index (κ2) is 8.54. The Kier molecular flexibility index (Phi) is 5.69. The number of nitrogens with zero attached hydrogens (tertiary/aromatic N) is 4. The number of pyridine rings is 1. The lowest BCUT2D eigenvalue weighted by Gasteiger charge is -2.19. The van der Waals surface area contributed by atoms with Crippen LogP contribution in [0.1, 0.15) is 18.4 Å². The van der Waals surface area contributed by atoms with Crippen LogP contribution in [0.5, 0.6) is 0 Å². The molecule has 1 aliphatic rings. The average Bonchev–Trinajstić information content (AvgIpc) is 3.36. The van der Waals surface area contributed by atoms with Crippen molar-refractivity contribution in [2.24, 2.45) is 5.92 Å². The van der Waals surface area contributed by atoms with Gasteiger partial charge < -0.3 is 15.3 Å². The zero-order valence-electron chi connectivity index (χ0n) is 16.1. The Labute approximate surface area is 165 Å². The lowest BCUT2D eigenvalue weighted by atomic mass is 10.1. The van der Waals surface area contributed by atoms with Crippen LogP contribution in [-0.4, -0.2) is 39.1 Å². The molecule has 28 heavy (non-hydrogen) atoms. The van der Waals surface area contributed by atoms with Crippen molar-refractivity contribution in [1.82, 2.24) is 20.1 Å². The van der Waals surface area contributed by atoms with Crippen molar-refractivity contribution in [3.05, 3.63) is 72.7 Å². The maximum absolute atomic E-state index is 10.4. The molecule has 0 spiro atoms. The summed E-state index contributed by atoms with van der Waals surface area (Å²) in [5.74, 6) is 1.36. The summed E-state index contributed by atoms with van der Waals surface area (Å²) >= 11 is 0. The molecular weight excluding hydrogens is 350 g/mol. The van der Waals surface area contributed by atoms with E-state index in [1.165, 1.54) is 0 Å². The first kappa shape index (κ1) is 18.7. The lowest BCUT2D eigenvalue weighted by molar-refractivity contribution is 0.145. The van der Waals surface area contributed by atoms with Crippen LogP contribution in [-0.2, 0) is 13.1 Å². The molecule has 6 nitrogen and oxygen atoms in total. The monoisotopic (exact) mass is 377 g/mol. The van der Waals surface area contributed by atoms with E-state index in [-0.39, 0.29) is 12.1 Å². The van der Waals surface area contributed by atoms with Gasteiger partial charge in [0.15, 0.2) is 0 Å². The van der Waals surface area contributed by atoms with Gasteiger partial charge in [0.25, 0.3) is 0 Å². The molecule has 2 N–H and O–H groups in total. The van der Waals surface area contributed by atoms with Gasteiger partial charge in [0, 0.05) is 50.5 Å². The third-order valence-corrected chi connectivity index (χ3v) is 5.50. The van der Waals surface area contributed by atoms with Crippen LogP contribution < -0.4 is 10.2 Å². The third kappa shape index (κ3) is 4.40. The van der Waals surface area contributed by atoms with Gasteiger partial charge in [-0.25, -0.2) is 4.98 Å². The molecule has 3 atom stereocenters. The molecular formula is C22H27N5O. The van der Waals surface area contributed by atoms with Gasteiger partial charge in [-0.2, -0.15) is 5.10 Å². The van der Waals surface area contributed by atoms with E-state index >= 15 is 0 Å². The number of para-hydroxylation sites is 1. The second-order valence-electron chi connectivity index (χ2n) is 7.54. The number of hydrogen-bond acceptors (Lipinski definition) is 5. The maximum atomic E-state index is 10.4. The first-order valence-electron chi connectivity index (χ1n) is 9.81. The Morgan fingerprint density at radius 3 is 2.71 bits per heavy atom. The van der Waals surface area contributed by atoms with Gasteiger partial charge in [0.1, 0.15) is 5.82 Å². The number of aliphatic hydroxyl groups is 1. The lowest BCUT2D eigenvalue weighted by Crippen LogP contribution is -2.35. The Hall–Kier alpha value is -2.70. The standard InChI is InChI=1S/C22H27N5O/c1-26(19-6-3-2-4-7-19)22-9-8-17(15-24-22)14-23-20-12-18(13-21(20)28)16-27-11-5-10-25-27/h2-11,15,18,20-21,23,28H,12-14,16H2,1H3/t18?,20-,21-/m1/s1. The summed E-state index contributed by atoms with van der Waals surface area (Å²) in [5.41, 5.74) is 2.23. The van der Waals surface area contributed by atoms with Gasteiger partial charge in [-0.1, -0.05) is 24.3 Å². The number of anilines is 2. The topological polar surface area (TPSA) is 66.2 Å². The molecule has 1 aliphatic carbocycles. The molecule has 1 fully saturated rings. The summed E-state index contributed by atoms with van der Waals surface area (Å²) in [4.78, 5) is 6.66. The van der Waals surface area contributed by atoms with Crippen LogP contribution in [0.15, 0.2) is 67.1 Å². The SMILES string of the molecule is CN(c1ccccc1)c1ccc(CN[C@@H]2CC(Cn3cccn3)C[C@H]2O)cn1. The van der Waals surface area contributed by atoms with Gasteiger partial charge in [-0.05, 0) is 48.6 Å². The van der Waals surface area contributed by atoms with E-state index < -0.39 is 0 Å². The maximum Gasteiger partial charge on any atom is 0.132 e. The molecule has 146 valence electrons. The normalized spacial score (nSPS) is 21.7. The fraction of sp³-hybridized carbons (Fsp3) is 0.364. The van der Waals surface area contributed by atoms with Crippen molar-refractivity contribution in [3.8, 4) is 0 Å². The first-order valence-corrected chi connectivity index (χ1v) is 9.81. The molecule has 1 aromatic carbocycles. The molecule has 2 heterocycles. The number of aliphatic hydroxyl groups excluding tert-OH is 1. The van der Waals surface area contributed by atoms with E-state index in [0.717, 1.165) is 36.5 Å². The van der Waals surface area contributed by atoms with Crippen LogP contribution in [0.4, 0.5) is 11.5 Å². The second-order valence-corrected chi connectivity index (χ2v) is 7.54. The van der Waals surface area contributed by atoms with Crippen LogP contribution in [0.25, 0.3) is 0 Å². The van der Waals surface area contributed by atoms with E-state index in [4.69, 9.17) is 0 Å². The van der Waals surface area contributed by atoms with Crippen LogP contribution >= 0.6 is 0 Å². The predicted octanol–water partition coefficient (Wildman–Crippen LogP) is 2.98. The molecule has 0 saturated heterocycles. The van der Waals surface area contributed by atoms with E-state index in [1.807, 2.05) is 54.5 Å². The summed E-state index contributed by atoms with van der Waals surface area (Å²) in [6.45, 7) is 1.57. The van der Waals surface area contributed by atoms with Crippen LogP contribution in [0, 0.1) is 5.92 Å². The number of aromatic nitrogens is 3. The summed E-state index contributed by atoms with van der Waals surface area (Å²) < 4.78 is 1.95. The number of rotatable bonds is 7. The molecule has 0 amide bonds. The molecule has 1 unspecified atom stereocenters. The number of nitrogens with one attached hydrogen (secondary N) is 1. The summed E-state index contributed by atoms with van der Waals surface area (Å²) in [5, 5.41) is 18.2. The van der Waals surface area contributed by atoms with Crippen LogP contribution in [0.2, 0.25) is 0 Å². The molecule has 0 aliphatic heterocycles. The Morgan fingerprint density at radius 1 is 1.14 bits per heavy atom. The number of benzene rings is 1. The van der Waals surface area contributed by atoms with Crippen molar-refractivity contribution in [1.29, 1.82) is 0 Å². The minimum Gasteiger partial charge on any atom is -0.391 e. The average molecular weight is 377 g/mol. The van der Waals surface area contributed by atoms with Crippen molar-refractivity contribution in [2.45, 2.75) is 38.1 Å². The highest BCUT2D eigenvalue weighted by Gasteiger charge is 2.32. The highest BCUT2D eigenvalue weighted by atomic mass is 16.3. The minimum atomic E-state index is -0.308. The Morgan fingerprint density at radius 2 is 2.00 bits per heavy atom. The van der Waals surface area contributed by atoms with Crippen molar-refractivity contribution in [3.63, 3.8) is 0 Å². The van der Waals surface area contributed by atoms with Crippen LogP contribution in [0.3, 0.4) is 0 Å². The van der Waals surface area contributed by atoms with Gasteiger partial charge in [-0.15, -0.1) is 0 Å². The highest BCUT2D eigenvalue weighted by molar-refractivity contribution is 5.58. The van der Waals surface area contributed by atoms with E-state index in [0.29, 0.717) is 12.5 Å². The largest absolute Gasteiger partial charge is 0.391 e. The third-order valence-electron chi connectivity index (χ3n) is 5.50. The molecule has 4 rings (SSSR count). The molecule has 6 heteroatoms. The van der Waals surface area contributed by atoms with E-state index in [2.05, 4.69) is 38.5 Å². The summed E-state index contributed by atoms with van der Waals surface area (Å²) in [7, 11) is 2.02. The Balaban J connectivity index is 1.30. The van der Waals surface area contributed by atoms with E-state index in [9.17, 15) is 5.11 Å². The van der Waals surface area contributed by atoms with Crippen molar-refractivity contribution >= 4 is 11.5 Å². The highest BCUT2D eigenvalue weighted by Crippen LogP contribution is 2.28. The first-order chi connectivity index (χ1) is 13.7. The van der Waals surface area contributed by atoms with E-state index in [1.54, 1.807) is 6.20 Å². The summed E-state index contributed by atoms with van der Waals surface area (Å²) in [6, 6.07) is 16.4. The van der Waals surface area contributed by atoms with Gasteiger partial charge in [-0.3, -0.25) is 4.68 Å². The Bertz CT molecular complexity index is 850. The van der Waals surface area contributed by atoms with Crippen molar-refractivity contribution < 1.29 is 5.11 Å². The number of hydrogen-bond donors (Lipinski definition) is 2. The minimum absolute atomic E-state index is 0.118. The summed E-state index contributed by atoms with van der Waals surface area (Å²) in [6.07, 6.45) is 7.15. The molecule has 0 bridgehead atoms. The molecule has 3 aromatic rings. The quantitative estimate of drug-likeness (QED) is 0.663. The van der Waals surface area contributed by atoms with Gasteiger partial charge in [0.2, 0.25) is 0 Å². The van der Waals surface area contributed by atoms with Crippen molar-refractivity contribution in [2.75, 3.05) is 11.9 Å². The fourth-order valence-corrected chi connectivity index (χ4v) is 3.91. The molecule has 2 aromatic heterocycles. The van der Waals surface area contributed by atoms with Gasteiger partial charge in [0.05, 0.1) is 6.10 Å². The molecule has 1 saturated carbocycles. The molecule has 0 radical (unpaired) electrons. The predicted molar refractivity (Wildman–Crippen MR) is 110 cm³/mol. The smallest absolute Gasteiger partial charge is 0.132 e.